The molecule has 3 aromatic rings. The molecular weight excluding hydrogens is 362 g/mol. The zero-order chi connectivity index (χ0) is 19.2. The molecule has 1 aromatic heterocycles. The van der Waals surface area contributed by atoms with Gasteiger partial charge in [-0.2, -0.15) is 4.68 Å². The first-order valence-electron chi connectivity index (χ1n) is 8.42. The van der Waals surface area contributed by atoms with Crippen molar-refractivity contribution in [1.29, 1.82) is 0 Å². The van der Waals surface area contributed by atoms with Crippen molar-refractivity contribution in [3.8, 4) is 11.4 Å². The molecule has 140 valence electrons. The van der Waals surface area contributed by atoms with Gasteiger partial charge in [-0.25, -0.2) is 0 Å². The zero-order valence-corrected chi connectivity index (χ0v) is 16.3. The van der Waals surface area contributed by atoms with Crippen LogP contribution < -0.4 is 4.74 Å². The molecule has 0 saturated heterocycles. The van der Waals surface area contributed by atoms with Crippen molar-refractivity contribution >= 4 is 17.7 Å². The van der Waals surface area contributed by atoms with Gasteiger partial charge in [0, 0.05) is 13.6 Å². The van der Waals surface area contributed by atoms with Crippen LogP contribution in [0.4, 0.5) is 0 Å². The van der Waals surface area contributed by atoms with Gasteiger partial charge >= 0.3 is 0 Å². The third kappa shape index (κ3) is 4.85. The topological polar surface area (TPSA) is 73.1 Å². The van der Waals surface area contributed by atoms with Gasteiger partial charge in [-0.15, -0.1) is 5.10 Å². The smallest absolute Gasteiger partial charge is 0.233 e. The number of carbonyl (C=O) groups excluding carboxylic acids is 1. The van der Waals surface area contributed by atoms with Crippen LogP contribution in [0.5, 0.6) is 5.75 Å². The number of thioether (sulfide) groups is 1. The van der Waals surface area contributed by atoms with Crippen LogP contribution >= 0.6 is 11.8 Å². The van der Waals surface area contributed by atoms with Crippen LogP contribution in [0.3, 0.4) is 0 Å². The lowest BCUT2D eigenvalue weighted by Gasteiger charge is -2.17. The van der Waals surface area contributed by atoms with Gasteiger partial charge in [0.1, 0.15) is 5.75 Å². The van der Waals surface area contributed by atoms with Gasteiger partial charge in [-0.3, -0.25) is 4.79 Å². The van der Waals surface area contributed by atoms with Crippen LogP contribution in [0, 0.1) is 6.92 Å². The lowest BCUT2D eigenvalue weighted by atomic mass is 10.2. The number of amides is 1. The summed E-state index contributed by atoms with van der Waals surface area (Å²) in [6.07, 6.45) is 0. The van der Waals surface area contributed by atoms with E-state index >= 15 is 0 Å². The first-order chi connectivity index (χ1) is 13.1. The predicted octanol–water partition coefficient (Wildman–Crippen LogP) is 2.73. The highest BCUT2D eigenvalue weighted by Crippen LogP contribution is 2.19. The Morgan fingerprint density at radius 3 is 2.52 bits per heavy atom. The molecule has 0 aliphatic heterocycles. The van der Waals surface area contributed by atoms with Crippen LogP contribution in [-0.4, -0.2) is 50.9 Å². The summed E-state index contributed by atoms with van der Waals surface area (Å²) in [5.74, 6) is 1.07. The minimum atomic E-state index is 0.00859. The van der Waals surface area contributed by atoms with E-state index in [1.54, 1.807) is 23.7 Å². The largest absolute Gasteiger partial charge is 0.497 e. The van der Waals surface area contributed by atoms with Crippen molar-refractivity contribution in [2.45, 2.75) is 18.6 Å². The van der Waals surface area contributed by atoms with Crippen molar-refractivity contribution < 1.29 is 9.53 Å². The van der Waals surface area contributed by atoms with Crippen LogP contribution in [-0.2, 0) is 11.3 Å². The molecular formula is C19H21N5O2S. The standard InChI is InChI=1S/C19H21N5O2S/c1-14-4-8-16(9-5-14)24-19(20-21-22-24)27-13-18(25)23(2)12-15-6-10-17(26-3)11-7-15/h4-11H,12-13H2,1-3H3. The number of nitrogens with zero attached hydrogens (tertiary/aromatic N) is 5. The molecule has 0 N–H and O–H groups in total. The average Bonchev–Trinajstić information content (AvgIpc) is 3.15. The first kappa shape index (κ1) is 18.9. The Morgan fingerprint density at radius 1 is 1.15 bits per heavy atom. The molecule has 0 aliphatic rings. The van der Waals surface area contributed by atoms with Crippen LogP contribution in [0.25, 0.3) is 5.69 Å². The second-order valence-electron chi connectivity index (χ2n) is 6.10. The van der Waals surface area contributed by atoms with Crippen molar-refractivity contribution in [2.24, 2.45) is 0 Å². The van der Waals surface area contributed by atoms with E-state index in [0.29, 0.717) is 11.7 Å². The van der Waals surface area contributed by atoms with Crippen LogP contribution in [0.15, 0.2) is 53.7 Å². The summed E-state index contributed by atoms with van der Waals surface area (Å²) in [5, 5.41) is 12.4. The molecule has 1 amide bonds. The molecule has 27 heavy (non-hydrogen) atoms. The number of aryl methyl sites for hydroxylation is 1. The lowest BCUT2D eigenvalue weighted by Crippen LogP contribution is -2.27. The van der Waals surface area contributed by atoms with Gasteiger partial charge < -0.3 is 9.64 Å². The number of hydrogen-bond acceptors (Lipinski definition) is 6. The van der Waals surface area contributed by atoms with Crippen LogP contribution in [0.1, 0.15) is 11.1 Å². The average molecular weight is 383 g/mol. The third-order valence-electron chi connectivity index (χ3n) is 4.05. The Labute approximate surface area is 162 Å². The van der Waals surface area contributed by atoms with Gasteiger partial charge in [0.15, 0.2) is 0 Å². The van der Waals surface area contributed by atoms with E-state index in [1.807, 2.05) is 55.5 Å². The highest BCUT2D eigenvalue weighted by atomic mass is 32.2. The third-order valence-corrected chi connectivity index (χ3v) is 4.95. The molecule has 0 bridgehead atoms. The number of rotatable bonds is 7. The summed E-state index contributed by atoms with van der Waals surface area (Å²) in [5.41, 5.74) is 3.07. The number of methoxy groups -OCH3 is 1. The maximum atomic E-state index is 12.5. The highest BCUT2D eigenvalue weighted by Gasteiger charge is 2.14. The van der Waals surface area contributed by atoms with E-state index in [9.17, 15) is 4.79 Å². The first-order valence-corrected chi connectivity index (χ1v) is 9.40. The fourth-order valence-corrected chi connectivity index (χ4v) is 3.28. The molecule has 7 nitrogen and oxygen atoms in total. The Balaban J connectivity index is 1.59. The van der Waals surface area contributed by atoms with Crippen molar-refractivity contribution in [3.05, 3.63) is 59.7 Å². The van der Waals surface area contributed by atoms with Gasteiger partial charge in [-0.1, -0.05) is 41.6 Å². The molecule has 1 heterocycles. The molecule has 0 unspecified atom stereocenters. The molecule has 0 radical (unpaired) electrons. The summed E-state index contributed by atoms with van der Waals surface area (Å²) >= 11 is 1.32. The minimum absolute atomic E-state index is 0.00859. The van der Waals surface area contributed by atoms with Gasteiger partial charge in [-0.05, 0) is 47.2 Å². The highest BCUT2D eigenvalue weighted by molar-refractivity contribution is 7.99. The Hall–Kier alpha value is -2.87. The summed E-state index contributed by atoms with van der Waals surface area (Å²) in [6, 6.07) is 15.6. The van der Waals surface area contributed by atoms with E-state index in [4.69, 9.17) is 4.74 Å². The number of benzene rings is 2. The fourth-order valence-electron chi connectivity index (χ4n) is 2.45. The second-order valence-corrected chi connectivity index (χ2v) is 7.04. The van der Waals surface area contributed by atoms with E-state index in [-0.39, 0.29) is 11.7 Å². The summed E-state index contributed by atoms with van der Waals surface area (Å²) < 4.78 is 6.79. The zero-order valence-electron chi connectivity index (χ0n) is 15.5. The Kier molecular flexibility index (Phi) is 6.08. The maximum Gasteiger partial charge on any atom is 0.233 e. The SMILES string of the molecule is COc1ccc(CN(C)C(=O)CSc2nnnn2-c2ccc(C)cc2)cc1. The summed E-state index contributed by atoms with van der Waals surface area (Å²) in [6.45, 7) is 2.56. The number of hydrogen-bond donors (Lipinski definition) is 0. The van der Waals surface area contributed by atoms with E-state index in [2.05, 4.69) is 15.5 Å². The van der Waals surface area contributed by atoms with Crippen molar-refractivity contribution in [3.63, 3.8) is 0 Å². The number of carbonyl (C=O) groups is 1. The molecule has 8 heteroatoms. The molecule has 3 rings (SSSR count). The number of aromatic nitrogens is 4. The predicted molar refractivity (Wildman–Crippen MR) is 104 cm³/mol. The summed E-state index contributed by atoms with van der Waals surface area (Å²) in [4.78, 5) is 14.2. The van der Waals surface area contributed by atoms with Crippen LogP contribution in [0.2, 0.25) is 0 Å². The van der Waals surface area contributed by atoms with Gasteiger partial charge in [0.05, 0.1) is 18.6 Å². The van der Waals surface area contributed by atoms with E-state index in [1.165, 1.54) is 11.8 Å². The Morgan fingerprint density at radius 2 is 1.85 bits per heavy atom. The maximum absolute atomic E-state index is 12.5. The monoisotopic (exact) mass is 383 g/mol. The number of ether oxygens (including phenoxy) is 1. The van der Waals surface area contributed by atoms with Gasteiger partial charge in [0.2, 0.25) is 11.1 Å². The van der Waals surface area contributed by atoms with E-state index in [0.717, 1.165) is 22.6 Å². The van der Waals surface area contributed by atoms with Gasteiger partial charge in [0.25, 0.3) is 0 Å². The number of tetrazole rings is 1. The fraction of sp³-hybridized carbons (Fsp3) is 0.263. The molecule has 0 fully saturated rings. The van der Waals surface area contributed by atoms with Crippen molar-refractivity contribution in [1.82, 2.24) is 25.1 Å². The summed E-state index contributed by atoms with van der Waals surface area (Å²) in [7, 11) is 3.42. The minimum Gasteiger partial charge on any atom is -0.497 e. The molecule has 0 aliphatic carbocycles. The van der Waals surface area contributed by atoms with E-state index < -0.39 is 0 Å². The normalized spacial score (nSPS) is 10.6. The second kappa shape index (κ2) is 8.68. The quantitative estimate of drug-likeness (QED) is 0.584. The lowest BCUT2D eigenvalue weighted by molar-refractivity contribution is -0.127. The molecule has 0 atom stereocenters. The van der Waals surface area contributed by atoms with Crippen molar-refractivity contribution in [2.75, 3.05) is 19.9 Å². The molecule has 2 aromatic carbocycles. The molecule has 0 spiro atoms. The Bertz CT molecular complexity index is 893. The molecule has 0 saturated carbocycles.